The number of thiazole rings is 1. The minimum atomic E-state index is -0.414. The smallest absolute Gasteiger partial charge is 0.257 e. The monoisotopic (exact) mass is 435 g/mol. The third kappa shape index (κ3) is 5.37. The Bertz CT molecular complexity index is 1090. The molecule has 7 heteroatoms. The minimum Gasteiger partial charge on any atom is -0.368 e. The first-order valence-corrected chi connectivity index (χ1v) is 11.2. The quantitative estimate of drug-likeness (QED) is 0.587. The molecule has 31 heavy (non-hydrogen) atoms. The maximum absolute atomic E-state index is 12.7. The van der Waals surface area contributed by atoms with Crippen LogP contribution >= 0.6 is 11.3 Å². The van der Waals surface area contributed by atoms with Crippen molar-refractivity contribution in [2.75, 3.05) is 17.2 Å². The number of aromatic nitrogens is 1. The van der Waals surface area contributed by atoms with Crippen molar-refractivity contribution in [1.82, 2.24) is 4.98 Å². The lowest BCUT2D eigenvalue weighted by Gasteiger charge is -2.11. The van der Waals surface area contributed by atoms with Crippen molar-refractivity contribution in [2.45, 2.75) is 39.2 Å². The molecule has 0 saturated carbocycles. The zero-order valence-electron chi connectivity index (χ0n) is 17.6. The van der Waals surface area contributed by atoms with Gasteiger partial charge < -0.3 is 10.1 Å². The zero-order chi connectivity index (χ0) is 21.8. The largest absolute Gasteiger partial charge is 0.368 e. The van der Waals surface area contributed by atoms with E-state index in [4.69, 9.17) is 4.74 Å². The molecule has 1 fully saturated rings. The lowest BCUT2D eigenvalue weighted by atomic mass is 10.1. The highest BCUT2D eigenvalue weighted by Gasteiger charge is 2.23. The van der Waals surface area contributed by atoms with E-state index in [0.717, 1.165) is 29.8 Å². The van der Waals surface area contributed by atoms with Gasteiger partial charge in [-0.15, -0.1) is 11.3 Å². The zero-order valence-corrected chi connectivity index (χ0v) is 18.4. The molecule has 2 heterocycles. The predicted molar refractivity (Wildman–Crippen MR) is 123 cm³/mol. The van der Waals surface area contributed by atoms with Gasteiger partial charge in [-0.25, -0.2) is 4.98 Å². The van der Waals surface area contributed by atoms with Gasteiger partial charge in [0.1, 0.15) is 6.10 Å². The van der Waals surface area contributed by atoms with Crippen LogP contribution in [0.4, 0.5) is 10.8 Å². The van der Waals surface area contributed by atoms with Crippen molar-refractivity contribution in [3.05, 3.63) is 75.8 Å². The van der Waals surface area contributed by atoms with E-state index in [1.165, 1.54) is 22.5 Å². The Kier molecular flexibility index (Phi) is 6.44. The van der Waals surface area contributed by atoms with Crippen LogP contribution in [-0.4, -0.2) is 29.5 Å². The van der Waals surface area contributed by atoms with Crippen LogP contribution < -0.4 is 10.6 Å². The molecule has 1 saturated heterocycles. The van der Waals surface area contributed by atoms with E-state index >= 15 is 0 Å². The number of anilines is 2. The van der Waals surface area contributed by atoms with Gasteiger partial charge in [0.2, 0.25) is 0 Å². The number of benzene rings is 2. The van der Waals surface area contributed by atoms with Crippen LogP contribution in [0.1, 0.15) is 44.9 Å². The van der Waals surface area contributed by atoms with E-state index < -0.39 is 6.10 Å². The van der Waals surface area contributed by atoms with Gasteiger partial charge in [0, 0.05) is 29.2 Å². The second-order valence-corrected chi connectivity index (χ2v) is 8.80. The van der Waals surface area contributed by atoms with E-state index in [2.05, 4.69) is 46.8 Å². The molecule has 2 amide bonds. The molecule has 2 N–H and O–H groups in total. The van der Waals surface area contributed by atoms with Crippen molar-refractivity contribution in [1.29, 1.82) is 0 Å². The number of carbonyl (C=O) groups is 2. The number of nitrogens with zero attached hydrogens (tertiary/aromatic N) is 1. The van der Waals surface area contributed by atoms with Crippen LogP contribution in [0.2, 0.25) is 0 Å². The van der Waals surface area contributed by atoms with Crippen LogP contribution in [0.15, 0.2) is 48.5 Å². The standard InChI is InChI=1S/C24H25N3O3S/c1-15-8-10-17(11-9-15)13-21-16(2)25-24(31-21)27-22(28)18-5-3-6-19(14-18)26-23(29)20-7-4-12-30-20/h3,5-6,8-11,14,20H,4,7,12-13H2,1-2H3,(H,26,29)(H,25,27,28). The summed E-state index contributed by atoms with van der Waals surface area (Å²) in [6, 6.07) is 15.3. The van der Waals surface area contributed by atoms with E-state index in [1.54, 1.807) is 24.3 Å². The number of rotatable bonds is 6. The van der Waals surface area contributed by atoms with Crippen molar-refractivity contribution in [2.24, 2.45) is 0 Å². The Morgan fingerprint density at radius 1 is 1.13 bits per heavy atom. The number of hydrogen-bond acceptors (Lipinski definition) is 5. The van der Waals surface area contributed by atoms with Crippen molar-refractivity contribution >= 4 is 34.0 Å². The average molecular weight is 436 g/mol. The first-order valence-electron chi connectivity index (χ1n) is 10.3. The van der Waals surface area contributed by atoms with Gasteiger partial charge in [0.15, 0.2) is 5.13 Å². The first kappa shape index (κ1) is 21.2. The Morgan fingerprint density at radius 2 is 1.94 bits per heavy atom. The summed E-state index contributed by atoms with van der Waals surface area (Å²) in [6.07, 6.45) is 1.98. The van der Waals surface area contributed by atoms with Gasteiger partial charge in [-0.1, -0.05) is 35.9 Å². The molecule has 1 aliphatic rings. The molecule has 0 spiro atoms. The molecule has 160 valence electrons. The molecular formula is C24H25N3O3S. The fourth-order valence-electron chi connectivity index (χ4n) is 3.45. The van der Waals surface area contributed by atoms with Gasteiger partial charge in [-0.3, -0.25) is 14.9 Å². The summed E-state index contributed by atoms with van der Waals surface area (Å²) in [5.41, 5.74) is 4.39. The predicted octanol–water partition coefficient (Wildman–Crippen LogP) is 4.72. The summed E-state index contributed by atoms with van der Waals surface area (Å²) < 4.78 is 5.41. The number of nitrogens with one attached hydrogen (secondary N) is 2. The summed E-state index contributed by atoms with van der Waals surface area (Å²) >= 11 is 1.48. The lowest BCUT2D eigenvalue weighted by Crippen LogP contribution is -2.27. The minimum absolute atomic E-state index is 0.175. The Balaban J connectivity index is 1.41. The fourth-order valence-corrected chi connectivity index (χ4v) is 4.44. The van der Waals surface area contributed by atoms with Crippen LogP contribution in [-0.2, 0) is 16.0 Å². The summed E-state index contributed by atoms with van der Waals surface area (Å²) in [4.78, 5) is 30.6. The molecule has 1 aromatic heterocycles. The lowest BCUT2D eigenvalue weighted by molar-refractivity contribution is -0.124. The second kappa shape index (κ2) is 9.41. The molecule has 3 aromatic rings. The summed E-state index contributed by atoms with van der Waals surface area (Å²) in [5.74, 6) is -0.435. The van der Waals surface area contributed by atoms with Gasteiger partial charge in [-0.05, 0) is 50.5 Å². The molecule has 6 nitrogen and oxygen atoms in total. The van der Waals surface area contributed by atoms with Gasteiger partial charge >= 0.3 is 0 Å². The highest BCUT2D eigenvalue weighted by Crippen LogP contribution is 2.26. The molecule has 0 bridgehead atoms. The van der Waals surface area contributed by atoms with E-state index in [-0.39, 0.29) is 11.8 Å². The van der Waals surface area contributed by atoms with Crippen LogP contribution in [0.3, 0.4) is 0 Å². The Morgan fingerprint density at radius 3 is 2.68 bits per heavy atom. The number of hydrogen-bond donors (Lipinski definition) is 2. The van der Waals surface area contributed by atoms with Crippen LogP contribution in [0, 0.1) is 13.8 Å². The Hall–Kier alpha value is -3.03. The van der Waals surface area contributed by atoms with Gasteiger partial charge in [-0.2, -0.15) is 0 Å². The average Bonchev–Trinajstić information content (AvgIpc) is 3.40. The van der Waals surface area contributed by atoms with Crippen molar-refractivity contribution < 1.29 is 14.3 Å². The number of ether oxygens (including phenoxy) is 1. The molecule has 1 atom stereocenters. The van der Waals surface area contributed by atoms with Gasteiger partial charge in [0.05, 0.1) is 5.69 Å². The highest BCUT2D eigenvalue weighted by atomic mass is 32.1. The van der Waals surface area contributed by atoms with Crippen LogP contribution in [0.25, 0.3) is 0 Å². The number of carbonyl (C=O) groups excluding carboxylic acids is 2. The topological polar surface area (TPSA) is 80.3 Å². The van der Waals surface area contributed by atoms with Gasteiger partial charge in [0.25, 0.3) is 11.8 Å². The normalized spacial score (nSPS) is 15.6. The molecular weight excluding hydrogens is 410 g/mol. The van der Waals surface area contributed by atoms with E-state index in [9.17, 15) is 9.59 Å². The van der Waals surface area contributed by atoms with E-state index in [0.29, 0.717) is 23.0 Å². The maximum atomic E-state index is 12.7. The SMILES string of the molecule is Cc1ccc(Cc2sc(NC(=O)c3cccc(NC(=O)C4CCCO4)c3)nc2C)cc1. The molecule has 0 radical (unpaired) electrons. The molecule has 4 rings (SSSR count). The third-order valence-electron chi connectivity index (χ3n) is 5.21. The second-order valence-electron chi connectivity index (χ2n) is 7.72. The molecule has 0 aliphatic carbocycles. The number of aryl methyl sites for hydroxylation is 2. The highest BCUT2D eigenvalue weighted by molar-refractivity contribution is 7.15. The summed E-state index contributed by atoms with van der Waals surface area (Å²) in [6.45, 7) is 4.63. The van der Waals surface area contributed by atoms with E-state index in [1.807, 2.05) is 6.92 Å². The van der Waals surface area contributed by atoms with Crippen molar-refractivity contribution in [3.8, 4) is 0 Å². The maximum Gasteiger partial charge on any atom is 0.257 e. The number of amides is 2. The fraction of sp³-hybridized carbons (Fsp3) is 0.292. The first-order chi connectivity index (χ1) is 15.0. The molecule has 1 aliphatic heterocycles. The van der Waals surface area contributed by atoms with Crippen molar-refractivity contribution in [3.63, 3.8) is 0 Å². The summed E-state index contributed by atoms with van der Waals surface area (Å²) in [5, 5.41) is 6.28. The molecule has 1 unspecified atom stereocenters. The third-order valence-corrected chi connectivity index (χ3v) is 6.29. The van der Waals surface area contributed by atoms with Crippen LogP contribution in [0.5, 0.6) is 0 Å². The Labute approximate surface area is 185 Å². The molecule has 2 aromatic carbocycles. The summed E-state index contributed by atoms with van der Waals surface area (Å²) in [7, 11) is 0.